The van der Waals surface area contributed by atoms with Crippen LogP contribution in [0.2, 0.25) is 0 Å². The number of hydrogen-bond acceptors (Lipinski definition) is 4. The normalized spacial score (nSPS) is 9.90. The average molecular weight is 289 g/mol. The van der Waals surface area contributed by atoms with Crippen LogP contribution in [0.15, 0.2) is 34.3 Å². The zero-order chi connectivity index (χ0) is 14.4. The number of aliphatic hydroxyl groups is 1. The van der Waals surface area contributed by atoms with Crippen molar-refractivity contribution in [3.63, 3.8) is 0 Å². The molecule has 1 N–H and O–H groups in total. The molecule has 20 heavy (non-hydrogen) atoms. The maximum Gasteiger partial charge on any atom is 0.289 e. The summed E-state index contributed by atoms with van der Waals surface area (Å²) in [6.45, 7) is 0.594. The molecule has 0 aromatic carbocycles. The minimum atomic E-state index is -0.142. The summed E-state index contributed by atoms with van der Waals surface area (Å²) < 4.78 is 5.09. The van der Waals surface area contributed by atoms with Gasteiger partial charge in [-0.2, -0.15) is 0 Å². The fourth-order valence-corrected chi connectivity index (χ4v) is 2.51. The van der Waals surface area contributed by atoms with Gasteiger partial charge in [0.25, 0.3) is 5.91 Å². The van der Waals surface area contributed by atoms with Crippen LogP contribution in [-0.4, -0.2) is 29.6 Å². The molecule has 1 amide bonds. The molecule has 0 aliphatic carbocycles. The third-order valence-electron chi connectivity index (χ3n) is 2.59. The van der Waals surface area contributed by atoms with E-state index in [1.807, 2.05) is 11.4 Å². The fraction of sp³-hybridized carbons (Fsp3) is 0.267. The van der Waals surface area contributed by atoms with E-state index in [4.69, 9.17) is 9.52 Å². The summed E-state index contributed by atoms with van der Waals surface area (Å²) in [6.07, 6.45) is 1.96. The quantitative estimate of drug-likeness (QED) is 0.879. The minimum absolute atomic E-state index is 0.0738. The summed E-state index contributed by atoms with van der Waals surface area (Å²) in [4.78, 5) is 14.7. The Hall–Kier alpha value is -2.03. The first-order valence-electron chi connectivity index (χ1n) is 6.17. The van der Waals surface area contributed by atoms with E-state index in [2.05, 4.69) is 11.8 Å². The van der Waals surface area contributed by atoms with Crippen molar-refractivity contribution in [3.8, 4) is 11.8 Å². The second-order valence-corrected chi connectivity index (χ2v) is 5.21. The largest absolute Gasteiger partial charge is 0.459 e. The van der Waals surface area contributed by atoms with E-state index < -0.39 is 0 Å². The smallest absolute Gasteiger partial charge is 0.289 e. The summed E-state index contributed by atoms with van der Waals surface area (Å²) in [5, 5.41) is 10.6. The van der Waals surface area contributed by atoms with Crippen molar-refractivity contribution >= 4 is 17.2 Å². The molecule has 4 nitrogen and oxygen atoms in total. The van der Waals surface area contributed by atoms with Crippen molar-refractivity contribution in [2.75, 3.05) is 13.7 Å². The first kappa shape index (κ1) is 14.4. The number of carbonyl (C=O) groups is 1. The highest BCUT2D eigenvalue weighted by Crippen LogP contribution is 2.17. The molecule has 0 atom stereocenters. The van der Waals surface area contributed by atoms with Crippen LogP contribution in [-0.2, 0) is 6.54 Å². The molecular formula is C15H15NO3S. The molecule has 0 bridgehead atoms. The summed E-state index contributed by atoms with van der Waals surface area (Å²) in [5.74, 6) is 6.05. The monoisotopic (exact) mass is 289 g/mol. The van der Waals surface area contributed by atoms with Crippen molar-refractivity contribution in [2.45, 2.75) is 13.0 Å². The van der Waals surface area contributed by atoms with E-state index in [1.165, 1.54) is 6.26 Å². The van der Waals surface area contributed by atoms with Gasteiger partial charge >= 0.3 is 0 Å². The van der Waals surface area contributed by atoms with Gasteiger partial charge in [-0.1, -0.05) is 11.8 Å². The number of nitrogens with zero attached hydrogens (tertiary/aromatic N) is 1. The Morgan fingerprint density at radius 2 is 2.40 bits per heavy atom. The third kappa shape index (κ3) is 3.73. The van der Waals surface area contributed by atoms with E-state index in [1.54, 1.807) is 35.4 Å². The minimum Gasteiger partial charge on any atom is -0.459 e. The Kier molecular flexibility index (Phi) is 4.99. The molecule has 0 spiro atoms. The predicted octanol–water partition coefficient (Wildman–Crippen LogP) is 2.35. The van der Waals surface area contributed by atoms with Crippen molar-refractivity contribution in [3.05, 3.63) is 46.0 Å². The molecule has 0 radical (unpaired) electrons. The summed E-state index contributed by atoms with van der Waals surface area (Å²) in [7, 11) is 1.74. The van der Waals surface area contributed by atoms with Crippen LogP contribution in [0.4, 0.5) is 0 Å². The highest BCUT2D eigenvalue weighted by molar-refractivity contribution is 7.10. The first-order chi connectivity index (χ1) is 9.70. The Balaban J connectivity index is 1.97. The van der Waals surface area contributed by atoms with Crippen LogP contribution in [0.5, 0.6) is 0 Å². The Labute approximate surface area is 121 Å². The van der Waals surface area contributed by atoms with E-state index >= 15 is 0 Å². The van der Waals surface area contributed by atoms with E-state index in [-0.39, 0.29) is 12.5 Å². The van der Waals surface area contributed by atoms with Crippen LogP contribution >= 0.6 is 11.3 Å². The SMILES string of the molecule is CN(Cc1cc(C#CCCO)cs1)C(=O)c1ccco1. The molecule has 0 aliphatic rings. The van der Waals surface area contributed by atoms with Gasteiger partial charge in [0.1, 0.15) is 0 Å². The lowest BCUT2D eigenvalue weighted by atomic mass is 10.3. The number of aliphatic hydroxyl groups excluding tert-OH is 1. The number of carbonyl (C=O) groups excluding carboxylic acids is 1. The molecule has 2 heterocycles. The van der Waals surface area contributed by atoms with Crippen LogP contribution in [0.3, 0.4) is 0 Å². The highest BCUT2D eigenvalue weighted by atomic mass is 32.1. The lowest BCUT2D eigenvalue weighted by Crippen LogP contribution is -2.25. The lowest BCUT2D eigenvalue weighted by Gasteiger charge is -2.14. The molecule has 2 rings (SSSR count). The van der Waals surface area contributed by atoms with Crippen molar-refractivity contribution in [1.82, 2.24) is 4.90 Å². The zero-order valence-electron chi connectivity index (χ0n) is 11.1. The third-order valence-corrected chi connectivity index (χ3v) is 3.52. The number of amides is 1. The number of furan rings is 1. The molecule has 0 fully saturated rings. The zero-order valence-corrected chi connectivity index (χ0v) is 11.9. The Morgan fingerprint density at radius 1 is 1.55 bits per heavy atom. The van der Waals surface area contributed by atoms with Crippen LogP contribution in [0, 0.1) is 11.8 Å². The van der Waals surface area contributed by atoms with Crippen molar-refractivity contribution in [1.29, 1.82) is 0 Å². The summed E-state index contributed by atoms with van der Waals surface area (Å²) in [6, 6.07) is 5.31. The lowest BCUT2D eigenvalue weighted by molar-refractivity contribution is 0.0755. The standard InChI is InChI=1S/C15H15NO3S/c1-16(15(18)14-6-4-8-19-14)10-13-9-12(11-20-13)5-2-3-7-17/h4,6,8-9,11,17H,3,7,10H2,1H3. The van der Waals surface area contributed by atoms with Crippen LogP contribution in [0.1, 0.15) is 27.4 Å². The van der Waals surface area contributed by atoms with E-state index in [0.717, 1.165) is 10.4 Å². The number of thiophene rings is 1. The van der Waals surface area contributed by atoms with Gasteiger partial charge in [-0.25, -0.2) is 0 Å². The Bertz CT molecular complexity index is 619. The van der Waals surface area contributed by atoms with Crippen molar-refractivity contribution < 1.29 is 14.3 Å². The molecule has 5 heteroatoms. The van der Waals surface area contributed by atoms with Gasteiger partial charge in [-0.05, 0) is 18.2 Å². The number of rotatable bonds is 4. The van der Waals surface area contributed by atoms with Gasteiger partial charge in [0.05, 0.1) is 19.4 Å². The average Bonchev–Trinajstić information content (AvgIpc) is 3.09. The predicted molar refractivity (Wildman–Crippen MR) is 77.4 cm³/mol. The molecule has 0 unspecified atom stereocenters. The van der Waals surface area contributed by atoms with Gasteiger partial charge < -0.3 is 14.4 Å². The maximum atomic E-state index is 12.0. The second kappa shape index (κ2) is 6.94. The van der Waals surface area contributed by atoms with Gasteiger partial charge in [0.15, 0.2) is 5.76 Å². The molecule has 2 aromatic heterocycles. The highest BCUT2D eigenvalue weighted by Gasteiger charge is 2.15. The van der Waals surface area contributed by atoms with E-state index in [9.17, 15) is 4.79 Å². The fourth-order valence-electron chi connectivity index (χ4n) is 1.64. The summed E-state index contributed by atoms with van der Waals surface area (Å²) >= 11 is 1.56. The van der Waals surface area contributed by atoms with Crippen LogP contribution in [0.25, 0.3) is 0 Å². The molecule has 2 aromatic rings. The van der Waals surface area contributed by atoms with Gasteiger partial charge in [0, 0.05) is 29.3 Å². The maximum absolute atomic E-state index is 12.0. The summed E-state index contributed by atoms with van der Waals surface area (Å²) in [5.41, 5.74) is 0.914. The topological polar surface area (TPSA) is 53.7 Å². The molecule has 0 saturated heterocycles. The first-order valence-corrected chi connectivity index (χ1v) is 7.05. The molecular weight excluding hydrogens is 274 g/mol. The van der Waals surface area contributed by atoms with Gasteiger partial charge in [0.2, 0.25) is 0 Å². The molecule has 104 valence electrons. The van der Waals surface area contributed by atoms with Crippen LogP contribution < -0.4 is 0 Å². The van der Waals surface area contributed by atoms with E-state index in [0.29, 0.717) is 18.7 Å². The van der Waals surface area contributed by atoms with Crippen molar-refractivity contribution in [2.24, 2.45) is 0 Å². The Morgan fingerprint density at radius 3 is 3.10 bits per heavy atom. The second-order valence-electron chi connectivity index (χ2n) is 4.22. The number of hydrogen-bond donors (Lipinski definition) is 1. The molecule has 0 aliphatic heterocycles. The molecule has 0 saturated carbocycles. The van der Waals surface area contributed by atoms with Gasteiger partial charge in [-0.3, -0.25) is 4.79 Å². The van der Waals surface area contributed by atoms with Gasteiger partial charge in [-0.15, -0.1) is 11.3 Å².